The molecule has 96 valence electrons. The number of likely N-dealkylation sites (N-methyl/N-ethyl adjacent to an activating group) is 1. The Morgan fingerprint density at radius 3 is 2.59 bits per heavy atom. The summed E-state index contributed by atoms with van der Waals surface area (Å²) in [6.07, 6.45) is 1.06. The van der Waals surface area contributed by atoms with Crippen LogP contribution in [0, 0.1) is 13.8 Å². The normalized spacial score (nSPS) is 10.4. The van der Waals surface area contributed by atoms with E-state index in [9.17, 15) is 0 Å². The van der Waals surface area contributed by atoms with Gasteiger partial charge in [0.25, 0.3) is 0 Å². The van der Waals surface area contributed by atoms with Crippen LogP contribution in [0.15, 0.2) is 0 Å². The first-order valence-electron chi connectivity index (χ1n) is 6.01. The molecule has 0 unspecified atom stereocenters. The van der Waals surface area contributed by atoms with Gasteiger partial charge in [-0.25, -0.2) is 9.97 Å². The van der Waals surface area contributed by atoms with Crippen LogP contribution in [0.25, 0.3) is 0 Å². The first-order valence-corrected chi connectivity index (χ1v) is 6.01. The lowest BCUT2D eigenvalue weighted by Gasteiger charge is -2.21. The standard InChI is InChI=1S/C12H22N4O/c1-5-6-13-11-9(2)12(15-10(3)14-11)16(4)7-8-17/h17H,5-8H2,1-4H3,(H,13,14,15). The minimum Gasteiger partial charge on any atom is -0.395 e. The van der Waals surface area contributed by atoms with Crippen molar-refractivity contribution in [1.82, 2.24) is 9.97 Å². The Morgan fingerprint density at radius 2 is 2.00 bits per heavy atom. The van der Waals surface area contributed by atoms with E-state index in [1.54, 1.807) is 0 Å². The van der Waals surface area contributed by atoms with Gasteiger partial charge >= 0.3 is 0 Å². The second-order valence-corrected chi connectivity index (χ2v) is 4.14. The molecular formula is C12H22N4O. The lowest BCUT2D eigenvalue weighted by molar-refractivity contribution is 0.303. The van der Waals surface area contributed by atoms with Crippen molar-refractivity contribution in [2.75, 3.05) is 37.0 Å². The maximum absolute atomic E-state index is 8.97. The summed E-state index contributed by atoms with van der Waals surface area (Å²) in [7, 11) is 1.93. The predicted molar refractivity (Wildman–Crippen MR) is 70.6 cm³/mol. The van der Waals surface area contributed by atoms with Crippen LogP contribution in [-0.4, -0.2) is 41.8 Å². The number of nitrogens with zero attached hydrogens (tertiary/aromatic N) is 3. The SMILES string of the molecule is CCCNc1nc(C)nc(N(C)CCO)c1C. The molecule has 0 bridgehead atoms. The molecule has 0 atom stereocenters. The predicted octanol–water partition coefficient (Wildman–Crippen LogP) is 1.34. The number of anilines is 2. The van der Waals surface area contributed by atoms with Crippen molar-refractivity contribution < 1.29 is 5.11 Å². The minimum atomic E-state index is 0.122. The molecule has 0 aliphatic rings. The van der Waals surface area contributed by atoms with Crippen LogP contribution in [0.3, 0.4) is 0 Å². The summed E-state index contributed by atoms with van der Waals surface area (Å²) < 4.78 is 0. The number of aryl methyl sites for hydroxylation is 1. The quantitative estimate of drug-likeness (QED) is 0.783. The zero-order valence-corrected chi connectivity index (χ0v) is 11.1. The molecule has 1 heterocycles. The molecule has 5 heteroatoms. The molecule has 0 spiro atoms. The zero-order chi connectivity index (χ0) is 12.8. The Kier molecular flexibility index (Phi) is 5.15. The Balaban J connectivity index is 3.00. The van der Waals surface area contributed by atoms with Crippen LogP contribution in [0.5, 0.6) is 0 Å². The molecule has 0 saturated heterocycles. The molecule has 0 aliphatic heterocycles. The Labute approximate surface area is 103 Å². The highest BCUT2D eigenvalue weighted by molar-refractivity contribution is 5.58. The first kappa shape index (κ1) is 13.7. The molecule has 0 amide bonds. The van der Waals surface area contributed by atoms with E-state index in [0.717, 1.165) is 36.0 Å². The fourth-order valence-corrected chi connectivity index (χ4v) is 1.66. The Morgan fingerprint density at radius 1 is 1.29 bits per heavy atom. The number of aliphatic hydroxyl groups excluding tert-OH is 1. The zero-order valence-electron chi connectivity index (χ0n) is 11.1. The van der Waals surface area contributed by atoms with Crippen LogP contribution >= 0.6 is 0 Å². The lowest BCUT2D eigenvalue weighted by Crippen LogP contribution is -2.24. The summed E-state index contributed by atoms with van der Waals surface area (Å²) in [5.41, 5.74) is 1.03. The molecule has 2 N–H and O–H groups in total. The van der Waals surface area contributed by atoms with E-state index >= 15 is 0 Å². The van der Waals surface area contributed by atoms with Crippen molar-refractivity contribution in [3.05, 3.63) is 11.4 Å². The molecule has 0 aromatic carbocycles. The van der Waals surface area contributed by atoms with E-state index in [4.69, 9.17) is 5.11 Å². The lowest BCUT2D eigenvalue weighted by atomic mass is 10.2. The topological polar surface area (TPSA) is 61.3 Å². The fourth-order valence-electron chi connectivity index (χ4n) is 1.66. The summed E-state index contributed by atoms with van der Waals surface area (Å²) in [6, 6.07) is 0. The van der Waals surface area contributed by atoms with Gasteiger partial charge in [0.05, 0.1) is 6.61 Å². The van der Waals surface area contributed by atoms with Crippen molar-refractivity contribution in [2.45, 2.75) is 27.2 Å². The van der Waals surface area contributed by atoms with Gasteiger partial charge in [0.15, 0.2) is 0 Å². The minimum absolute atomic E-state index is 0.122. The van der Waals surface area contributed by atoms with Crippen molar-refractivity contribution in [3.63, 3.8) is 0 Å². The monoisotopic (exact) mass is 238 g/mol. The summed E-state index contributed by atoms with van der Waals surface area (Å²) >= 11 is 0. The van der Waals surface area contributed by atoms with Gasteiger partial charge < -0.3 is 15.3 Å². The fraction of sp³-hybridized carbons (Fsp3) is 0.667. The van der Waals surface area contributed by atoms with Crippen molar-refractivity contribution in [2.24, 2.45) is 0 Å². The van der Waals surface area contributed by atoms with E-state index in [1.807, 2.05) is 25.8 Å². The Hall–Kier alpha value is -1.36. The number of hydrogen-bond donors (Lipinski definition) is 2. The van der Waals surface area contributed by atoms with Gasteiger partial charge in [-0.15, -0.1) is 0 Å². The van der Waals surface area contributed by atoms with Crippen LogP contribution in [0.4, 0.5) is 11.6 Å². The molecule has 0 saturated carbocycles. The van der Waals surface area contributed by atoms with Gasteiger partial charge in [-0.1, -0.05) is 6.92 Å². The van der Waals surface area contributed by atoms with Gasteiger partial charge in [-0.3, -0.25) is 0 Å². The Bertz CT molecular complexity index is 368. The van der Waals surface area contributed by atoms with Gasteiger partial charge in [-0.2, -0.15) is 0 Å². The first-order chi connectivity index (χ1) is 8.10. The van der Waals surface area contributed by atoms with E-state index in [-0.39, 0.29) is 6.61 Å². The van der Waals surface area contributed by atoms with E-state index in [1.165, 1.54) is 0 Å². The van der Waals surface area contributed by atoms with Gasteiger partial charge in [-0.05, 0) is 20.3 Å². The van der Waals surface area contributed by atoms with Crippen LogP contribution < -0.4 is 10.2 Å². The highest BCUT2D eigenvalue weighted by Gasteiger charge is 2.12. The molecule has 1 aromatic heterocycles. The third-order valence-electron chi connectivity index (χ3n) is 2.57. The van der Waals surface area contributed by atoms with Crippen LogP contribution in [0.2, 0.25) is 0 Å². The second-order valence-electron chi connectivity index (χ2n) is 4.14. The van der Waals surface area contributed by atoms with E-state index in [0.29, 0.717) is 6.54 Å². The highest BCUT2D eigenvalue weighted by Crippen LogP contribution is 2.22. The number of hydrogen-bond acceptors (Lipinski definition) is 5. The molecule has 0 aliphatic carbocycles. The number of aromatic nitrogens is 2. The molecular weight excluding hydrogens is 216 g/mol. The third-order valence-corrected chi connectivity index (χ3v) is 2.57. The van der Waals surface area contributed by atoms with Crippen molar-refractivity contribution >= 4 is 11.6 Å². The third kappa shape index (κ3) is 3.56. The molecule has 0 radical (unpaired) electrons. The summed E-state index contributed by atoms with van der Waals surface area (Å²) in [4.78, 5) is 10.8. The largest absolute Gasteiger partial charge is 0.395 e. The highest BCUT2D eigenvalue weighted by atomic mass is 16.3. The summed E-state index contributed by atoms with van der Waals surface area (Å²) in [6.45, 7) is 7.60. The van der Waals surface area contributed by atoms with Crippen LogP contribution in [-0.2, 0) is 0 Å². The average molecular weight is 238 g/mol. The average Bonchev–Trinajstić information content (AvgIpc) is 2.30. The summed E-state index contributed by atoms with van der Waals surface area (Å²) in [5, 5.41) is 12.3. The van der Waals surface area contributed by atoms with Crippen molar-refractivity contribution in [3.8, 4) is 0 Å². The van der Waals surface area contributed by atoms with Gasteiger partial charge in [0, 0.05) is 25.7 Å². The smallest absolute Gasteiger partial charge is 0.137 e. The maximum atomic E-state index is 8.97. The van der Waals surface area contributed by atoms with E-state index < -0.39 is 0 Å². The van der Waals surface area contributed by atoms with Gasteiger partial charge in [0.1, 0.15) is 17.5 Å². The summed E-state index contributed by atoms with van der Waals surface area (Å²) in [5.74, 6) is 2.51. The molecule has 1 aromatic rings. The van der Waals surface area contributed by atoms with Gasteiger partial charge in [0.2, 0.25) is 0 Å². The van der Waals surface area contributed by atoms with E-state index in [2.05, 4.69) is 22.2 Å². The number of nitrogens with one attached hydrogen (secondary N) is 1. The second kappa shape index (κ2) is 6.39. The number of aliphatic hydroxyl groups is 1. The molecule has 0 fully saturated rings. The van der Waals surface area contributed by atoms with Crippen LogP contribution in [0.1, 0.15) is 24.7 Å². The molecule has 1 rings (SSSR count). The molecule has 5 nitrogen and oxygen atoms in total. The maximum Gasteiger partial charge on any atom is 0.137 e. The van der Waals surface area contributed by atoms with Crippen molar-refractivity contribution in [1.29, 1.82) is 0 Å². The molecule has 17 heavy (non-hydrogen) atoms. The number of rotatable bonds is 6.